The van der Waals surface area contributed by atoms with Crippen LogP contribution in [0.3, 0.4) is 0 Å². The predicted molar refractivity (Wildman–Crippen MR) is 192 cm³/mol. The van der Waals surface area contributed by atoms with Crippen LogP contribution in [0, 0.1) is 5.41 Å². The summed E-state index contributed by atoms with van der Waals surface area (Å²) in [5, 5.41) is 12.0. The van der Waals surface area contributed by atoms with Crippen molar-refractivity contribution in [2.24, 2.45) is 0 Å². The van der Waals surface area contributed by atoms with E-state index in [-0.39, 0.29) is 0 Å². The lowest BCUT2D eigenvalue weighted by atomic mass is 10.00. The monoisotopic (exact) mass is 590 g/mol. The third-order valence-electron chi connectivity index (χ3n) is 8.63. The molecular weight excluding hydrogens is 560 g/mol. The predicted octanol–water partition coefficient (Wildman–Crippen LogP) is 10.5. The maximum absolute atomic E-state index is 7.21. The topological polar surface area (TPSA) is 54.6 Å². The molecular formula is C42H30N4. The number of benzene rings is 5. The molecule has 0 aliphatic heterocycles. The number of fused-ring (bicyclic) bond motifs is 5. The molecule has 0 atom stereocenters. The van der Waals surface area contributed by atoms with Gasteiger partial charge in [-0.2, -0.15) is 0 Å². The summed E-state index contributed by atoms with van der Waals surface area (Å²) in [5.41, 5.74) is 11.0. The van der Waals surface area contributed by atoms with E-state index in [1.165, 1.54) is 55.5 Å². The molecule has 0 saturated heterocycles. The maximum atomic E-state index is 7.21. The molecule has 218 valence electrons. The number of hydrogen-bond acceptors (Lipinski definition) is 3. The number of allylic oxidation sites excluding steroid dienone is 2. The van der Waals surface area contributed by atoms with Gasteiger partial charge >= 0.3 is 0 Å². The van der Waals surface area contributed by atoms with Gasteiger partial charge in [-0.05, 0) is 83.1 Å². The van der Waals surface area contributed by atoms with Crippen LogP contribution in [0.4, 0.5) is 0 Å². The van der Waals surface area contributed by atoms with Crippen LogP contribution in [0.25, 0.3) is 71.9 Å². The molecule has 0 spiro atoms. The van der Waals surface area contributed by atoms with Crippen molar-refractivity contribution in [3.05, 3.63) is 164 Å². The zero-order valence-corrected chi connectivity index (χ0v) is 25.1. The number of hydrogen-bond donors (Lipinski definition) is 1. The minimum Gasteiger partial charge on any atom is -0.309 e. The molecule has 1 N–H and O–H groups in total. The van der Waals surface area contributed by atoms with E-state index in [0.29, 0.717) is 0 Å². The molecule has 4 heteroatoms. The van der Waals surface area contributed by atoms with Gasteiger partial charge in [0.05, 0.1) is 22.4 Å². The van der Waals surface area contributed by atoms with Crippen LogP contribution in [0.1, 0.15) is 5.56 Å². The summed E-state index contributed by atoms with van der Waals surface area (Å²) in [7, 11) is 0. The zero-order valence-electron chi connectivity index (χ0n) is 25.1. The van der Waals surface area contributed by atoms with Crippen LogP contribution in [-0.2, 0) is 6.42 Å². The van der Waals surface area contributed by atoms with Crippen molar-refractivity contribution in [3.63, 3.8) is 0 Å². The van der Waals surface area contributed by atoms with Crippen LogP contribution >= 0.6 is 0 Å². The number of nitrogens with one attached hydrogen (secondary N) is 1. The van der Waals surface area contributed by atoms with Crippen molar-refractivity contribution in [1.82, 2.24) is 14.5 Å². The first-order chi connectivity index (χ1) is 22.8. The lowest BCUT2D eigenvalue weighted by Gasteiger charge is -2.11. The summed E-state index contributed by atoms with van der Waals surface area (Å²) >= 11 is 0. The summed E-state index contributed by atoms with van der Waals surface area (Å²) in [4.78, 5) is 9.26. The third kappa shape index (κ3) is 4.96. The lowest BCUT2D eigenvalue weighted by molar-refractivity contribution is 1.19. The Morgan fingerprint density at radius 2 is 1.37 bits per heavy atom. The Balaban J connectivity index is 1.28. The molecule has 0 fully saturated rings. The van der Waals surface area contributed by atoms with Gasteiger partial charge in [0.15, 0.2) is 0 Å². The minimum absolute atomic E-state index is 0.817. The Kier molecular flexibility index (Phi) is 7.01. The molecule has 4 nitrogen and oxygen atoms in total. The first-order valence-electron chi connectivity index (χ1n) is 15.5. The molecule has 0 saturated carbocycles. The van der Waals surface area contributed by atoms with Gasteiger partial charge in [-0.3, -0.25) is 4.98 Å². The van der Waals surface area contributed by atoms with E-state index < -0.39 is 0 Å². The molecule has 0 aliphatic rings. The molecule has 3 aromatic heterocycles. The van der Waals surface area contributed by atoms with E-state index in [2.05, 4.69) is 125 Å². The van der Waals surface area contributed by atoms with Crippen LogP contribution in [-0.4, -0.2) is 20.7 Å². The van der Waals surface area contributed by atoms with Gasteiger partial charge in [0.25, 0.3) is 0 Å². The second-order valence-corrected chi connectivity index (χ2v) is 11.4. The van der Waals surface area contributed by atoms with Crippen LogP contribution in [0.5, 0.6) is 0 Å². The molecule has 5 aromatic carbocycles. The van der Waals surface area contributed by atoms with Crippen molar-refractivity contribution in [2.45, 2.75) is 6.42 Å². The van der Waals surface area contributed by atoms with E-state index in [4.69, 9.17) is 10.4 Å². The lowest BCUT2D eigenvalue weighted by Crippen LogP contribution is -1.94. The van der Waals surface area contributed by atoms with Gasteiger partial charge in [-0.15, -0.1) is 0 Å². The Morgan fingerprint density at radius 1 is 0.609 bits per heavy atom. The maximum Gasteiger partial charge on any atom is 0.0725 e. The Bertz CT molecular complexity index is 2390. The molecule has 3 heterocycles. The van der Waals surface area contributed by atoms with Crippen molar-refractivity contribution in [3.8, 4) is 39.3 Å². The van der Waals surface area contributed by atoms with Gasteiger partial charge < -0.3 is 9.98 Å². The fourth-order valence-electron chi connectivity index (χ4n) is 6.40. The highest BCUT2D eigenvalue weighted by Gasteiger charge is 2.17. The average molecular weight is 591 g/mol. The van der Waals surface area contributed by atoms with Crippen molar-refractivity contribution >= 4 is 38.8 Å². The number of rotatable bonds is 7. The van der Waals surface area contributed by atoms with Gasteiger partial charge in [0.1, 0.15) is 0 Å². The van der Waals surface area contributed by atoms with E-state index >= 15 is 0 Å². The zero-order chi connectivity index (χ0) is 30.9. The van der Waals surface area contributed by atoms with Crippen molar-refractivity contribution in [1.29, 1.82) is 5.41 Å². The number of para-hydroxylation sites is 1. The number of pyridine rings is 2. The highest BCUT2D eigenvalue weighted by Crippen LogP contribution is 2.39. The minimum atomic E-state index is 0.817. The quantitative estimate of drug-likeness (QED) is 0.188. The second kappa shape index (κ2) is 11.8. The van der Waals surface area contributed by atoms with Crippen LogP contribution < -0.4 is 0 Å². The number of nitrogens with zero attached hydrogens (tertiary/aromatic N) is 3. The molecule has 8 rings (SSSR count). The largest absolute Gasteiger partial charge is 0.309 e. The first kappa shape index (κ1) is 27.4. The summed E-state index contributed by atoms with van der Waals surface area (Å²) in [5.74, 6) is 0. The molecule has 46 heavy (non-hydrogen) atoms. The van der Waals surface area contributed by atoms with Gasteiger partial charge in [-0.25, -0.2) is 4.98 Å². The third-order valence-corrected chi connectivity index (χ3v) is 8.63. The van der Waals surface area contributed by atoms with Crippen LogP contribution in [0.2, 0.25) is 0 Å². The van der Waals surface area contributed by atoms with E-state index in [9.17, 15) is 0 Å². The van der Waals surface area contributed by atoms with E-state index in [0.717, 1.165) is 34.6 Å². The summed E-state index contributed by atoms with van der Waals surface area (Å²) in [6, 6.07) is 47.5. The van der Waals surface area contributed by atoms with Gasteiger partial charge in [0.2, 0.25) is 0 Å². The van der Waals surface area contributed by atoms with Crippen molar-refractivity contribution in [2.75, 3.05) is 0 Å². The molecule has 8 aromatic rings. The molecule has 0 unspecified atom stereocenters. The first-order valence-corrected chi connectivity index (χ1v) is 15.5. The molecule has 0 aliphatic carbocycles. The second-order valence-electron chi connectivity index (χ2n) is 11.4. The fourth-order valence-corrected chi connectivity index (χ4v) is 6.40. The Labute approximate surface area is 267 Å². The summed E-state index contributed by atoms with van der Waals surface area (Å²) < 4.78 is 2.41. The molecule has 0 bridgehead atoms. The SMILES string of the molecule is N=C/C=C\Cc1ccc(-c2ccc3c4ccc5cc(-c6cccc(-c7cccnc7)n6)ccc5c4n(-c4ccccc4)c3c2)cc1. The van der Waals surface area contributed by atoms with Crippen LogP contribution in [0.15, 0.2) is 158 Å². The summed E-state index contributed by atoms with van der Waals surface area (Å²) in [6.45, 7) is 0. The highest BCUT2D eigenvalue weighted by atomic mass is 15.0. The Hall–Kier alpha value is -6.13. The normalized spacial score (nSPS) is 11.6. The average Bonchev–Trinajstić information content (AvgIpc) is 3.47. The van der Waals surface area contributed by atoms with Gasteiger partial charge in [-0.1, -0.05) is 91.0 Å². The fraction of sp³-hybridized carbons (Fsp3) is 0.0238. The smallest absolute Gasteiger partial charge is 0.0725 e. The Morgan fingerprint density at radius 3 is 2.17 bits per heavy atom. The number of aromatic nitrogens is 3. The standard InChI is InChI=1S/C42H30N4/c43-24-5-4-8-29-14-16-30(17-15-29)31-18-22-37-38-23-19-32-26-33(39-12-6-13-40(45-39)34-9-7-25-44-28-34)20-21-36(32)42(38)46(41(37)27-31)35-10-2-1-3-11-35/h1-7,9-28,43H,8H2/b5-4-,43-24?. The van der Waals surface area contributed by atoms with E-state index in [1.54, 1.807) is 12.3 Å². The van der Waals surface area contributed by atoms with Gasteiger partial charge in [0, 0.05) is 51.6 Å². The highest BCUT2D eigenvalue weighted by molar-refractivity contribution is 6.19. The molecule has 0 amide bonds. The molecule has 0 radical (unpaired) electrons. The van der Waals surface area contributed by atoms with E-state index in [1.807, 2.05) is 30.5 Å². The van der Waals surface area contributed by atoms with Crippen molar-refractivity contribution < 1.29 is 0 Å². The summed E-state index contributed by atoms with van der Waals surface area (Å²) in [6.07, 6.45) is 9.55.